The molecule has 1 aliphatic rings. The molecule has 0 saturated heterocycles. The van der Waals surface area contributed by atoms with Crippen LogP contribution >= 0.6 is 0 Å². The number of nitrogens with zero attached hydrogens (tertiary/aromatic N) is 1. The lowest BCUT2D eigenvalue weighted by atomic mass is 10.3. The molecule has 0 aromatic heterocycles. The molecule has 1 rings (SSSR count). The van der Waals surface area contributed by atoms with Crippen LogP contribution in [0.1, 0.15) is 12.8 Å². The van der Waals surface area contributed by atoms with E-state index >= 15 is 0 Å². The first kappa shape index (κ1) is 11.2. The van der Waals surface area contributed by atoms with Crippen molar-refractivity contribution in [1.29, 1.82) is 0 Å². The highest BCUT2D eigenvalue weighted by Gasteiger charge is 2.34. The van der Waals surface area contributed by atoms with E-state index in [0.717, 1.165) is 12.8 Å². The maximum Gasteiger partial charge on any atom is 0.253 e. The van der Waals surface area contributed by atoms with E-state index in [1.165, 1.54) is 7.11 Å². The molecule has 80 valence electrons. The highest BCUT2D eigenvalue weighted by Crippen LogP contribution is 2.27. The van der Waals surface area contributed by atoms with E-state index in [1.807, 2.05) is 0 Å². The van der Waals surface area contributed by atoms with Crippen molar-refractivity contribution in [3.63, 3.8) is 0 Å². The first-order chi connectivity index (χ1) is 6.74. The van der Waals surface area contributed by atoms with Crippen LogP contribution in [-0.4, -0.2) is 43.2 Å². The van der Waals surface area contributed by atoms with E-state index in [1.54, 1.807) is 11.0 Å². The second kappa shape index (κ2) is 5.12. The molecule has 1 saturated carbocycles. The van der Waals surface area contributed by atoms with Gasteiger partial charge in [0.1, 0.15) is 6.10 Å². The van der Waals surface area contributed by atoms with Gasteiger partial charge in [0.25, 0.3) is 5.91 Å². The zero-order chi connectivity index (χ0) is 10.6. The van der Waals surface area contributed by atoms with Gasteiger partial charge < -0.3 is 15.4 Å². The smallest absolute Gasteiger partial charge is 0.253 e. The molecule has 0 radical (unpaired) electrons. The Bertz CT molecular complexity index is 210. The predicted octanol–water partition coefficient (Wildman–Crippen LogP) is 0.137. The molecule has 2 N–H and O–H groups in total. The summed E-state index contributed by atoms with van der Waals surface area (Å²) < 4.78 is 5.02. The summed E-state index contributed by atoms with van der Waals surface area (Å²) in [4.78, 5) is 13.6. The maximum atomic E-state index is 11.9. The Kier molecular flexibility index (Phi) is 4.10. The van der Waals surface area contributed by atoms with Gasteiger partial charge in [0.15, 0.2) is 0 Å². The van der Waals surface area contributed by atoms with Gasteiger partial charge in [-0.25, -0.2) is 0 Å². The second-order valence-corrected chi connectivity index (χ2v) is 3.47. The normalized spacial score (nSPS) is 17.6. The van der Waals surface area contributed by atoms with E-state index in [0.29, 0.717) is 12.6 Å². The molecule has 0 bridgehead atoms. The SMILES string of the molecule is C=CCN(C(=O)C(CN)OC)C1CC1. The minimum atomic E-state index is -0.504. The highest BCUT2D eigenvalue weighted by atomic mass is 16.5. The summed E-state index contributed by atoms with van der Waals surface area (Å²) in [5, 5.41) is 0. The first-order valence-corrected chi connectivity index (χ1v) is 4.88. The van der Waals surface area contributed by atoms with E-state index in [4.69, 9.17) is 10.5 Å². The fourth-order valence-electron chi connectivity index (χ4n) is 1.43. The van der Waals surface area contributed by atoms with Crippen molar-refractivity contribution >= 4 is 5.91 Å². The molecule has 1 unspecified atom stereocenters. The van der Waals surface area contributed by atoms with Crippen LogP contribution in [0, 0.1) is 0 Å². The minimum Gasteiger partial charge on any atom is -0.370 e. The van der Waals surface area contributed by atoms with Crippen molar-refractivity contribution in [2.45, 2.75) is 25.0 Å². The van der Waals surface area contributed by atoms with Crippen molar-refractivity contribution in [2.75, 3.05) is 20.2 Å². The van der Waals surface area contributed by atoms with Crippen LogP contribution in [0.2, 0.25) is 0 Å². The summed E-state index contributed by atoms with van der Waals surface area (Å²) in [6.07, 6.45) is 3.40. The molecule has 0 aromatic carbocycles. The Morgan fingerprint density at radius 3 is 2.79 bits per heavy atom. The van der Waals surface area contributed by atoms with Crippen LogP contribution in [0.15, 0.2) is 12.7 Å². The molecule has 14 heavy (non-hydrogen) atoms. The van der Waals surface area contributed by atoms with Gasteiger partial charge in [-0.2, -0.15) is 0 Å². The Balaban J connectivity index is 2.56. The van der Waals surface area contributed by atoms with Gasteiger partial charge in [-0.1, -0.05) is 6.08 Å². The number of methoxy groups -OCH3 is 1. The summed E-state index contributed by atoms with van der Waals surface area (Å²) in [5.41, 5.74) is 5.44. The van der Waals surface area contributed by atoms with Crippen molar-refractivity contribution in [1.82, 2.24) is 4.90 Å². The number of nitrogens with two attached hydrogens (primary N) is 1. The van der Waals surface area contributed by atoms with Gasteiger partial charge in [-0.05, 0) is 12.8 Å². The van der Waals surface area contributed by atoms with Gasteiger partial charge in [-0.3, -0.25) is 4.79 Å². The molecular formula is C10H18N2O2. The minimum absolute atomic E-state index is 0.0163. The highest BCUT2D eigenvalue weighted by molar-refractivity contribution is 5.82. The summed E-state index contributed by atoms with van der Waals surface area (Å²) >= 11 is 0. The fraction of sp³-hybridized carbons (Fsp3) is 0.700. The largest absolute Gasteiger partial charge is 0.370 e. The Hall–Kier alpha value is -0.870. The predicted molar refractivity (Wildman–Crippen MR) is 54.8 cm³/mol. The van der Waals surface area contributed by atoms with Crippen LogP contribution in [0.5, 0.6) is 0 Å². The van der Waals surface area contributed by atoms with Gasteiger partial charge in [0.05, 0.1) is 0 Å². The number of amides is 1. The standard InChI is InChI=1S/C10H18N2O2/c1-3-6-12(8-4-5-8)10(13)9(7-11)14-2/h3,8-9H,1,4-7,11H2,2H3. The number of rotatable bonds is 6. The van der Waals surface area contributed by atoms with E-state index < -0.39 is 6.10 Å². The monoisotopic (exact) mass is 198 g/mol. The zero-order valence-electron chi connectivity index (χ0n) is 8.61. The number of carbonyl (C=O) groups excluding carboxylic acids is 1. The Morgan fingerprint density at radius 1 is 1.79 bits per heavy atom. The molecule has 4 heteroatoms. The lowest BCUT2D eigenvalue weighted by Crippen LogP contribution is -2.44. The third-order valence-electron chi connectivity index (χ3n) is 2.37. The van der Waals surface area contributed by atoms with Crippen molar-refractivity contribution in [3.8, 4) is 0 Å². The average molecular weight is 198 g/mol. The molecule has 1 fully saturated rings. The van der Waals surface area contributed by atoms with Gasteiger partial charge >= 0.3 is 0 Å². The van der Waals surface area contributed by atoms with Crippen LogP contribution in [-0.2, 0) is 9.53 Å². The second-order valence-electron chi connectivity index (χ2n) is 3.47. The van der Waals surface area contributed by atoms with Crippen LogP contribution in [0.3, 0.4) is 0 Å². The number of hydrogen-bond donors (Lipinski definition) is 1. The topological polar surface area (TPSA) is 55.6 Å². The van der Waals surface area contributed by atoms with Crippen LogP contribution < -0.4 is 5.73 Å². The Labute approximate surface area is 84.7 Å². The lowest BCUT2D eigenvalue weighted by Gasteiger charge is -2.24. The molecule has 0 heterocycles. The molecule has 1 aliphatic carbocycles. The third-order valence-corrected chi connectivity index (χ3v) is 2.37. The van der Waals surface area contributed by atoms with Crippen molar-refractivity contribution < 1.29 is 9.53 Å². The summed E-state index contributed by atoms with van der Waals surface area (Å²) in [5.74, 6) is -0.0163. The van der Waals surface area contributed by atoms with E-state index in [2.05, 4.69) is 6.58 Å². The number of carbonyl (C=O) groups is 1. The van der Waals surface area contributed by atoms with Crippen LogP contribution in [0.25, 0.3) is 0 Å². The van der Waals surface area contributed by atoms with Crippen LogP contribution in [0.4, 0.5) is 0 Å². The average Bonchev–Trinajstić information content (AvgIpc) is 2.99. The molecule has 1 atom stereocenters. The quantitative estimate of drug-likeness (QED) is 0.617. The van der Waals surface area contributed by atoms with E-state index in [-0.39, 0.29) is 12.5 Å². The summed E-state index contributed by atoms with van der Waals surface area (Å²) in [6, 6.07) is 0.379. The fourth-order valence-corrected chi connectivity index (χ4v) is 1.43. The third kappa shape index (κ3) is 2.56. The molecule has 0 spiro atoms. The molecule has 4 nitrogen and oxygen atoms in total. The molecule has 1 amide bonds. The van der Waals surface area contributed by atoms with Gasteiger partial charge in [-0.15, -0.1) is 6.58 Å². The number of ether oxygens (including phenoxy) is 1. The lowest BCUT2D eigenvalue weighted by molar-refractivity contribution is -0.141. The molecule has 0 aliphatic heterocycles. The van der Waals surface area contributed by atoms with Crippen molar-refractivity contribution in [3.05, 3.63) is 12.7 Å². The van der Waals surface area contributed by atoms with E-state index in [9.17, 15) is 4.79 Å². The molecular weight excluding hydrogens is 180 g/mol. The zero-order valence-corrected chi connectivity index (χ0v) is 8.61. The number of hydrogen-bond acceptors (Lipinski definition) is 3. The summed E-state index contributed by atoms with van der Waals surface area (Å²) in [6.45, 7) is 4.46. The maximum absolute atomic E-state index is 11.9. The summed E-state index contributed by atoms with van der Waals surface area (Å²) in [7, 11) is 1.51. The van der Waals surface area contributed by atoms with Gasteiger partial charge in [0, 0.05) is 26.2 Å². The van der Waals surface area contributed by atoms with Gasteiger partial charge in [0.2, 0.25) is 0 Å². The Morgan fingerprint density at radius 2 is 2.43 bits per heavy atom. The van der Waals surface area contributed by atoms with Crippen molar-refractivity contribution in [2.24, 2.45) is 5.73 Å². The molecule has 0 aromatic rings. The first-order valence-electron chi connectivity index (χ1n) is 4.88.